The van der Waals surface area contributed by atoms with Gasteiger partial charge in [0.1, 0.15) is 5.82 Å². The van der Waals surface area contributed by atoms with Gasteiger partial charge in [0.25, 0.3) is 0 Å². The first-order valence-electron chi connectivity index (χ1n) is 9.97. The number of sulfonamides is 1. The Hall–Kier alpha value is -2.23. The number of aliphatic hydroxyl groups excluding tert-OH is 1. The quantitative estimate of drug-likeness (QED) is 0.576. The van der Waals surface area contributed by atoms with Gasteiger partial charge in [-0.05, 0) is 58.2 Å². The highest BCUT2D eigenvalue weighted by Crippen LogP contribution is 2.38. The number of aliphatic hydroxyl groups is 1. The van der Waals surface area contributed by atoms with Crippen LogP contribution in [0.2, 0.25) is 0 Å². The topological polar surface area (TPSA) is 96.3 Å². The summed E-state index contributed by atoms with van der Waals surface area (Å²) < 4.78 is 43.2. The molecule has 30 heavy (non-hydrogen) atoms. The molecule has 1 heterocycles. The van der Waals surface area contributed by atoms with Gasteiger partial charge in [-0.3, -0.25) is 4.68 Å². The number of nitrogens with one attached hydrogen (secondary N) is 2. The van der Waals surface area contributed by atoms with Crippen LogP contribution in [0.25, 0.3) is 0 Å². The zero-order valence-electron chi connectivity index (χ0n) is 17.5. The van der Waals surface area contributed by atoms with E-state index in [1.165, 1.54) is 18.2 Å². The highest BCUT2D eigenvalue weighted by atomic mass is 32.2. The number of nitrogens with zero attached hydrogens (tertiary/aromatic N) is 2. The molecule has 164 valence electrons. The van der Waals surface area contributed by atoms with Crippen LogP contribution in [0, 0.1) is 5.82 Å². The maximum absolute atomic E-state index is 14.6. The molecule has 1 aromatic heterocycles. The lowest BCUT2D eigenvalue weighted by Gasteiger charge is -2.24. The van der Waals surface area contributed by atoms with Crippen LogP contribution in [0.15, 0.2) is 41.8 Å². The minimum absolute atomic E-state index is 0.0623. The van der Waals surface area contributed by atoms with Gasteiger partial charge in [0.2, 0.25) is 10.0 Å². The molecular weight excluding hydrogens is 407 g/mol. The molecule has 1 aliphatic rings. The predicted molar refractivity (Wildman–Crippen MR) is 115 cm³/mol. The van der Waals surface area contributed by atoms with E-state index in [0.29, 0.717) is 12.2 Å². The zero-order chi connectivity index (χ0) is 22.1. The standard InChI is InChI=1S/C21H29FN4O3S/c1-5-10-23-30(28,29)16-8-9-18(17(22)12-16)24-20-13-19(14-6-7-15(27)11-14)26(25-20)21(2,3)4/h5,8-9,12-15,23,27H,1,6-7,10-11H2,2-4H3,(H,24,25)/t14-,15+/m0/s1. The normalized spacial score (nSPS) is 19.8. The Morgan fingerprint density at radius 3 is 2.63 bits per heavy atom. The lowest BCUT2D eigenvalue weighted by atomic mass is 10.0. The summed E-state index contributed by atoms with van der Waals surface area (Å²) in [6.45, 7) is 9.63. The van der Waals surface area contributed by atoms with E-state index in [-0.39, 0.29) is 34.7 Å². The number of benzene rings is 1. The number of halogens is 1. The molecule has 1 aromatic carbocycles. The SMILES string of the molecule is C=CCNS(=O)(=O)c1ccc(Nc2cc([C@H]3CC[C@@H](O)C3)n(C(C)(C)C)n2)c(F)c1. The van der Waals surface area contributed by atoms with Crippen molar-refractivity contribution in [2.24, 2.45) is 0 Å². The molecule has 1 fully saturated rings. The summed E-state index contributed by atoms with van der Waals surface area (Å²) in [6.07, 6.45) is 3.42. The van der Waals surface area contributed by atoms with E-state index in [2.05, 4.69) is 21.7 Å². The molecule has 1 aliphatic carbocycles. The fourth-order valence-electron chi connectivity index (χ4n) is 3.67. The van der Waals surface area contributed by atoms with E-state index in [0.717, 1.165) is 24.6 Å². The molecule has 0 spiro atoms. The lowest BCUT2D eigenvalue weighted by molar-refractivity contribution is 0.180. The summed E-state index contributed by atoms with van der Waals surface area (Å²) >= 11 is 0. The Morgan fingerprint density at radius 1 is 1.33 bits per heavy atom. The van der Waals surface area contributed by atoms with E-state index in [1.54, 1.807) is 0 Å². The average molecular weight is 437 g/mol. The van der Waals surface area contributed by atoms with Crippen LogP contribution < -0.4 is 10.0 Å². The minimum atomic E-state index is -3.81. The third-order valence-electron chi connectivity index (χ3n) is 5.13. The Balaban J connectivity index is 1.87. The van der Waals surface area contributed by atoms with Crippen LogP contribution in [0.1, 0.15) is 51.6 Å². The molecule has 0 saturated heterocycles. The van der Waals surface area contributed by atoms with Gasteiger partial charge in [0, 0.05) is 24.2 Å². The second kappa shape index (κ2) is 8.49. The van der Waals surface area contributed by atoms with Gasteiger partial charge in [-0.2, -0.15) is 5.10 Å². The van der Waals surface area contributed by atoms with Crippen molar-refractivity contribution in [3.05, 3.63) is 48.4 Å². The lowest BCUT2D eigenvalue weighted by Crippen LogP contribution is -2.26. The van der Waals surface area contributed by atoms with Crippen molar-refractivity contribution < 1.29 is 17.9 Å². The van der Waals surface area contributed by atoms with Crippen LogP contribution >= 0.6 is 0 Å². The monoisotopic (exact) mass is 436 g/mol. The highest BCUT2D eigenvalue weighted by molar-refractivity contribution is 7.89. The summed E-state index contributed by atoms with van der Waals surface area (Å²) in [5.41, 5.74) is 0.847. The third-order valence-corrected chi connectivity index (χ3v) is 6.55. The predicted octanol–water partition coefficient (Wildman–Crippen LogP) is 3.61. The van der Waals surface area contributed by atoms with Crippen LogP contribution in [0.5, 0.6) is 0 Å². The van der Waals surface area contributed by atoms with Gasteiger partial charge in [-0.15, -0.1) is 6.58 Å². The second-order valence-electron chi connectivity index (χ2n) is 8.61. The Morgan fingerprint density at radius 2 is 2.07 bits per heavy atom. The summed E-state index contributed by atoms with van der Waals surface area (Å²) in [6, 6.07) is 5.57. The largest absolute Gasteiger partial charge is 0.393 e. The van der Waals surface area contributed by atoms with Crippen LogP contribution in [0.3, 0.4) is 0 Å². The molecule has 0 bridgehead atoms. The smallest absolute Gasteiger partial charge is 0.240 e. The fraction of sp³-hybridized carbons (Fsp3) is 0.476. The zero-order valence-corrected chi connectivity index (χ0v) is 18.3. The molecule has 9 heteroatoms. The summed E-state index contributed by atoms with van der Waals surface area (Å²) in [5, 5.41) is 17.5. The molecule has 0 aliphatic heterocycles. The van der Waals surface area contributed by atoms with Crippen molar-refractivity contribution >= 4 is 21.5 Å². The first-order chi connectivity index (χ1) is 14.0. The minimum Gasteiger partial charge on any atom is -0.393 e. The van der Waals surface area contributed by atoms with Gasteiger partial charge < -0.3 is 10.4 Å². The van der Waals surface area contributed by atoms with Gasteiger partial charge in [-0.1, -0.05) is 6.08 Å². The second-order valence-corrected chi connectivity index (χ2v) is 10.4. The third kappa shape index (κ3) is 4.91. The summed E-state index contributed by atoms with van der Waals surface area (Å²) in [4.78, 5) is -0.159. The molecule has 3 rings (SSSR count). The van der Waals surface area contributed by atoms with Crippen LogP contribution in [-0.4, -0.2) is 36.0 Å². The Bertz CT molecular complexity index is 1030. The maximum Gasteiger partial charge on any atom is 0.240 e. The molecule has 2 atom stereocenters. The van der Waals surface area contributed by atoms with Crippen molar-refractivity contribution in [1.29, 1.82) is 0 Å². The molecule has 0 radical (unpaired) electrons. The molecule has 7 nitrogen and oxygen atoms in total. The summed E-state index contributed by atoms with van der Waals surface area (Å²) in [7, 11) is -3.81. The fourth-order valence-corrected chi connectivity index (χ4v) is 4.68. The van der Waals surface area contributed by atoms with Gasteiger partial charge >= 0.3 is 0 Å². The van der Waals surface area contributed by atoms with Gasteiger partial charge in [0.15, 0.2) is 5.82 Å². The number of rotatable bonds is 7. The van der Waals surface area contributed by atoms with E-state index >= 15 is 0 Å². The molecule has 0 amide bonds. The van der Waals surface area contributed by atoms with E-state index in [4.69, 9.17) is 0 Å². The van der Waals surface area contributed by atoms with Crippen molar-refractivity contribution in [2.75, 3.05) is 11.9 Å². The molecule has 1 saturated carbocycles. The van der Waals surface area contributed by atoms with Crippen molar-refractivity contribution in [3.63, 3.8) is 0 Å². The van der Waals surface area contributed by atoms with E-state index in [1.807, 2.05) is 31.5 Å². The Kier molecular flexibility index (Phi) is 6.35. The van der Waals surface area contributed by atoms with Crippen LogP contribution in [0.4, 0.5) is 15.9 Å². The van der Waals surface area contributed by atoms with Crippen molar-refractivity contribution in [1.82, 2.24) is 14.5 Å². The number of hydrogen-bond donors (Lipinski definition) is 3. The molecule has 2 aromatic rings. The average Bonchev–Trinajstić information content (AvgIpc) is 3.27. The van der Waals surface area contributed by atoms with Crippen LogP contribution in [-0.2, 0) is 15.6 Å². The first-order valence-corrected chi connectivity index (χ1v) is 11.4. The van der Waals surface area contributed by atoms with Crippen molar-refractivity contribution in [3.8, 4) is 0 Å². The maximum atomic E-state index is 14.6. The first kappa shape index (κ1) is 22.5. The summed E-state index contributed by atoms with van der Waals surface area (Å²) in [5.74, 6) is -0.0317. The molecular formula is C21H29FN4O3S. The number of hydrogen-bond acceptors (Lipinski definition) is 5. The molecule has 3 N–H and O–H groups in total. The van der Waals surface area contributed by atoms with Crippen molar-refractivity contribution in [2.45, 2.75) is 62.5 Å². The van der Waals surface area contributed by atoms with E-state index in [9.17, 15) is 17.9 Å². The van der Waals surface area contributed by atoms with E-state index < -0.39 is 15.8 Å². The molecule has 0 unspecified atom stereocenters. The number of aromatic nitrogens is 2. The van der Waals surface area contributed by atoms with Gasteiger partial charge in [0.05, 0.1) is 22.2 Å². The Labute approximate surface area is 177 Å². The van der Waals surface area contributed by atoms with Gasteiger partial charge in [-0.25, -0.2) is 17.5 Å². The number of anilines is 2. The highest BCUT2D eigenvalue weighted by Gasteiger charge is 2.30.